The number of alkyl halides is 3. The van der Waals surface area contributed by atoms with Crippen molar-refractivity contribution < 1.29 is 22.4 Å². The molecule has 1 aliphatic heterocycles. The van der Waals surface area contributed by atoms with E-state index in [2.05, 4.69) is 15.0 Å². The summed E-state index contributed by atoms with van der Waals surface area (Å²) in [5, 5.41) is 4.79. The van der Waals surface area contributed by atoms with Gasteiger partial charge >= 0.3 is 6.18 Å². The second-order valence-electron chi connectivity index (χ2n) is 8.16. The maximum Gasteiger partial charge on any atom is 0.406 e. The number of rotatable bonds is 6. The molecule has 1 saturated heterocycles. The highest BCUT2D eigenvalue weighted by atomic mass is 19.4. The van der Waals surface area contributed by atoms with E-state index in [1.54, 1.807) is 18.2 Å². The smallest absolute Gasteiger partial charge is 0.406 e. The molecule has 1 saturated carbocycles. The van der Waals surface area contributed by atoms with Gasteiger partial charge < -0.3 is 13.8 Å². The summed E-state index contributed by atoms with van der Waals surface area (Å²) in [6, 6.07) is 6.95. The molecule has 9 heteroatoms. The molecule has 1 aliphatic carbocycles. The number of aromatic nitrogens is 3. The van der Waals surface area contributed by atoms with E-state index in [0.717, 1.165) is 50.5 Å². The number of hydrogen-bond donors (Lipinski definition) is 0. The molecule has 0 bridgehead atoms. The van der Waals surface area contributed by atoms with Crippen molar-refractivity contribution in [3.8, 4) is 5.75 Å². The van der Waals surface area contributed by atoms with Gasteiger partial charge in [-0.2, -0.15) is 18.2 Å². The van der Waals surface area contributed by atoms with Gasteiger partial charge in [0.15, 0.2) is 5.82 Å². The zero-order valence-corrected chi connectivity index (χ0v) is 16.4. The van der Waals surface area contributed by atoms with E-state index in [4.69, 9.17) is 9.26 Å². The van der Waals surface area contributed by atoms with E-state index < -0.39 is 12.7 Å². The van der Waals surface area contributed by atoms with Crippen LogP contribution in [0.25, 0.3) is 10.9 Å². The number of ether oxygens (including phenoxy) is 1. The molecule has 0 radical (unpaired) electrons. The SMILES string of the molecule is FC(F)(F)Cn1ccc2c(OC3CCN(Cc4noc(C5CC5)n4)CC3)cccc21. The Labute approximate surface area is 171 Å². The van der Waals surface area contributed by atoms with Gasteiger partial charge in [-0.3, -0.25) is 4.90 Å². The van der Waals surface area contributed by atoms with Gasteiger partial charge in [-0.15, -0.1) is 0 Å². The highest BCUT2D eigenvalue weighted by Gasteiger charge is 2.31. The van der Waals surface area contributed by atoms with Crippen LogP contribution in [0, 0.1) is 0 Å². The van der Waals surface area contributed by atoms with Crippen molar-refractivity contribution in [2.24, 2.45) is 0 Å². The van der Waals surface area contributed by atoms with Gasteiger partial charge in [-0.1, -0.05) is 11.2 Å². The highest BCUT2D eigenvalue weighted by Crippen LogP contribution is 2.39. The summed E-state index contributed by atoms with van der Waals surface area (Å²) in [5.41, 5.74) is 0.533. The standard InChI is InChI=1S/C21H23F3N4O2/c22-21(23,24)13-28-11-8-16-17(28)2-1-3-18(16)29-15-6-9-27(10-7-15)12-19-25-20(30-26-19)14-4-5-14/h1-3,8,11,14-15H,4-7,9-10,12-13H2. The molecule has 160 valence electrons. The fraction of sp³-hybridized carbons (Fsp3) is 0.524. The molecule has 0 N–H and O–H groups in total. The van der Waals surface area contributed by atoms with Crippen molar-refractivity contribution in [2.45, 2.75) is 57.0 Å². The Bertz CT molecular complexity index is 1020. The molecule has 0 atom stereocenters. The maximum absolute atomic E-state index is 12.8. The second-order valence-corrected chi connectivity index (χ2v) is 8.16. The highest BCUT2D eigenvalue weighted by molar-refractivity contribution is 5.86. The van der Waals surface area contributed by atoms with Crippen molar-refractivity contribution in [2.75, 3.05) is 13.1 Å². The summed E-state index contributed by atoms with van der Waals surface area (Å²) >= 11 is 0. The van der Waals surface area contributed by atoms with Crippen molar-refractivity contribution in [3.63, 3.8) is 0 Å². The fourth-order valence-electron chi connectivity index (χ4n) is 4.02. The third-order valence-electron chi connectivity index (χ3n) is 5.73. The molecule has 1 aromatic carbocycles. The first-order valence-electron chi connectivity index (χ1n) is 10.3. The lowest BCUT2D eigenvalue weighted by Gasteiger charge is -2.31. The predicted octanol–water partition coefficient (Wildman–Crippen LogP) is 4.51. The summed E-state index contributed by atoms with van der Waals surface area (Å²) in [7, 11) is 0. The molecule has 0 unspecified atom stereocenters. The first-order valence-corrected chi connectivity index (χ1v) is 10.3. The Hall–Kier alpha value is -2.55. The molecule has 6 nitrogen and oxygen atoms in total. The summed E-state index contributed by atoms with van der Waals surface area (Å²) in [6.07, 6.45) is 1.19. The minimum absolute atomic E-state index is 0.0325. The molecule has 3 heterocycles. The number of piperidine rings is 1. The van der Waals surface area contributed by atoms with Crippen LogP contribution in [0.2, 0.25) is 0 Å². The van der Waals surface area contributed by atoms with E-state index in [9.17, 15) is 13.2 Å². The topological polar surface area (TPSA) is 56.3 Å². The van der Waals surface area contributed by atoms with E-state index in [1.165, 1.54) is 10.8 Å². The second kappa shape index (κ2) is 7.61. The molecule has 2 aliphatic rings. The molecular weight excluding hydrogens is 397 g/mol. The fourth-order valence-corrected chi connectivity index (χ4v) is 4.02. The van der Waals surface area contributed by atoms with Crippen molar-refractivity contribution in [1.82, 2.24) is 19.6 Å². The largest absolute Gasteiger partial charge is 0.490 e. The summed E-state index contributed by atoms with van der Waals surface area (Å²) in [4.78, 5) is 6.76. The average Bonchev–Trinajstić information content (AvgIpc) is 3.33. The van der Waals surface area contributed by atoms with Gasteiger partial charge in [0.25, 0.3) is 0 Å². The maximum atomic E-state index is 12.8. The average molecular weight is 420 g/mol. The van der Waals surface area contributed by atoms with Crippen LogP contribution in [0.15, 0.2) is 35.0 Å². The predicted molar refractivity (Wildman–Crippen MR) is 103 cm³/mol. The summed E-state index contributed by atoms with van der Waals surface area (Å²) < 4.78 is 51.1. The Kier molecular flexibility index (Phi) is 4.92. The molecule has 2 fully saturated rings. The third-order valence-corrected chi connectivity index (χ3v) is 5.73. The van der Waals surface area contributed by atoms with E-state index in [0.29, 0.717) is 29.1 Å². The number of benzene rings is 1. The van der Waals surface area contributed by atoms with Crippen molar-refractivity contribution in [3.05, 3.63) is 42.2 Å². The number of nitrogens with zero attached hydrogens (tertiary/aromatic N) is 4. The zero-order valence-electron chi connectivity index (χ0n) is 16.4. The number of hydrogen-bond acceptors (Lipinski definition) is 5. The van der Waals surface area contributed by atoms with Crippen LogP contribution in [0.4, 0.5) is 13.2 Å². The zero-order chi connectivity index (χ0) is 20.7. The van der Waals surface area contributed by atoms with Crippen LogP contribution in [0.1, 0.15) is 43.3 Å². The van der Waals surface area contributed by atoms with E-state index in [1.807, 2.05) is 6.07 Å². The van der Waals surface area contributed by atoms with E-state index >= 15 is 0 Å². The van der Waals surface area contributed by atoms with Crippen LogP contribution < -0.4 is 4.74 Å². The van der Waals surface area contributed by atoms with Gasteiger partial charge in [0.2, 0.25) is 5.89 Å². The third kappa shape index (κ3) is 4.30. The Morgan fingerprint density at radius 2 is 1.90 bits per heavy atom. The first-order chi connectivity index (χ1) is 14.4. The molecule has 30 heavy (non-hydrogen) atoms. The van der Waals surface area contributed by atoms with Crippen LogP contribution in [0.5, 0.6) is 5.75 Å². The number of halogens is 3. The molecule has 3 aromatic rings. The van der Waals surface area contributed by atoms with Gasteiger partial charge in [0, 0.05) is 30.6 Å². The lowest BCUT2D eigenvalue weighted by atomic mass is 10.1. The van der Waals surface area contributed by atoms with Gasteiger partial charge in [-0.25, -0.2) is 0 Å². The minimum atomic E-state index is -4.26. The normalized spacial score (nSPS) is 18.9. The van der Waals surface area contributed by atoms with Crippen LogP contribution in [-0.4, -0.2) is 45.0 Å². The van der Waals surface area contributed by atoms with Crippen molar-refractivity contribution >= 4 is 10.9 Å². The molecule has 5 rings (SSSR count). The van der Waals surface area contributed by atoms with E-state index in [-0.39, 0.29) is 6.10 Å². The number of likely N-dealkylation sites (tertiary alicyclic amines) is 1. The van der Waals surface area contributed by atoms with Gasteiger partial charge in [0.1, 0.15) is 18.4 Å². The molecule has 0 spiro atoms. The van der Waals surface area contributed by atoms with Crippen LogP contribution >= 0.6 is 0 Å². The van der Waals surface area contributed by atoms with Crippen LogP contribution in [-0.2, 0) is 13.1 Å². The Morgan fingerprint density at radius 1 is 1.10 bits per heavy atom. The molecule has 2 aromatic heterocycles. The molecular formula is C21H23F3N4O2. The number of fused-ring (bicyclic) bond motifs is 1. The lowest BCUT2D eigenvalue weighted by Crippen LogP contribution is -2.38. The summed E-state index contributed by atoms with van der Waals surface area (Å²) in [5.74, 6) is 2.58. The quantitative estimate of drug-likeness (QED) is 0.587. The Morgan fingerprint density at radius 3 is 2.63 bits per heavy atom. The molecule has 0 amide bonds. The first kappa shape index (κ1) is 19.4. The van der Waals surface area contributed by atoms with Crippen LogP contribution in [0.3, 0.4) is 0 Å². The monoisotopic (exact) mass is 420 g/mol. The lowest BCUT2D eigenvalue weighted by molar-refractivity contribution is -0.139. The van der Waals surface area contributed by atoms with Crippen molar-refractivity contribution in [1.29, 1.82) is 0 Å². The summed E-state index contributed by atoms with van der Waals surface area (Å²) in [6.45, 7) is 1.36. The van der Waals surface area contributed by atoms with Gasteiger partial charge in [0.05, 0.1) is 12.1 Å². The Balaban J connectivity index is 1.19. The minimum Gasteiger partial charge on any atom is -0.490 e. The van der Waals surface area contributed by atoms with Gasteiger partial charge in [-0.05, 0) is 43.9 Å².